The summed E-state index contributed by atoms with van der Waals surface area (Å²) in [5.41, 5.74) is 4.62. The zero-order chi connectivity index (χ0) is 22.8. The van der Waals surface area contributed by atoms with Gasteiger partial charge in [-0.2, -0.15) is 5.26 Å². The lowest BCUT2D eigenvalue weighted by Crippen LogP contribution is -2.33. The molecule has 0 unspecified atom stereocenters. The number of rotatable bonds is 4. The molecule has 2 aromatic heterocycles. The van der Waals surface area contributed by atoms with E-state index in [4.69, 9.17) is 0 Å². The Morgan fingerprint density at radius 1 is 1.19 bits per heavy atom. The van der Waals surface area contributed by atoms with Gasteiger partial charge >= 0.3 is 12.0 Å². The first-order valence-electron chi connectivity index (χ1n) is 10.1. The van der Waals surface area contributed by atoms with Crippen LogP contribution < -0.4 is 5.32 Å². The van der Waals surface area contributed by atoms with Crippen molar-refractivity contribution >= 4 is 28.5 Å². The number of amides is 2. The number of aromatic nitrogens is 2. The zero-order valence-corrected chi connectivity index (χ0v) is 18.4. The molecular formula is C23H21N5O3S. The number of carboxylic acids is 1. The van der Waals surface area contributed by atoms with Gasteiger partial charge in [-0.25, -0.2) is 9.78 Å². The molecular weight excluding hydrogens is 426 g/mol. The monoisotopic (exact) mass is 447 g/mol. The van der Waals surface area contributed by atoms with Gasteiger partial charge in [-0.15, -0.1) is 0 Å². The molecule has 1 aromatic carbocycles. The van der Waals surface area contributed by atoms with Gasteiger partial charge in [0.2, 0.25) is 0 Å². The summed E-state index contributed by atoms with van der Waals surface area (Å²) in [5, 5.41) is 21.7. The first kappa shape index (κ1) is 21.5. The van der Waals surface area contributed by atoms with Gasteiger partial charge in [-0.1, -0.05) is 23.5 Å². The second-order valence-electron chi connectivity index (χ2n) is 7.73. The van der Waals surface area contributed by atoms with Gasteiger partial charge in [0.25, 0.3) is 0 Å². The molecule has 8 nitrogen and oxygen atoms in total. The van der Waals surface area contributed by atoms with E-state index in [9.17, 15) is 20.0 Å². The number of nitrogens with zero attached hydrogens (tertiary/aromatic N) is 4. The summed E-state index contributed by atoms with van der Waals surface area (Å²) in [6.07, 6.45) is 0.438. The van der Waals surface area contributed by atoms with Crippen molar-refractivity contribution in [2.75, 3.05) is 18.4 Å². The molecule has 32 heavy (non-hydrogen) atoms. The summed E-state index contributed by atoms with van der Waals surface area (Å²) in [4.78, 5) is 35.4. The van der Waals surface area contributed by atoms with Crippen molar-refractivity contribution in [1.29, 1.82) is 5.26 Å². The first-order valence-corrected chi connectivity index (χ1v) is 10.9. The number of urea groups is 1. The smallest absolute Gasteiger partial charge is 0.323 e. The number of carbonyl (C=O) groups is 2. The van der Waals surface area contributed by atoms with Gasteiger partial charge in [0, 0.05) is 30.0 Å². The molecule has 1 atom stereocenters. The third kappa shape index (κ3) is 4.45. The van der Waals surface area contributed by atoms with E-state index in [2.05, 4.69) is 21.4 Å². The highest BCUT2D eigenvalue weighted by Crippen LogP contribution is 2.39. The maximum absolute atomic E-state index is 12.7. The van der Waals surface area contributed by atoms with Crippen LogP contribution in [0.3, 0.4) is 0 Å². The third-order valence-electron chi connectivity index (χ3n) is 5.27. The molecule has 0 radical (unpaired) electrons. The van der Waals surface area contributed by atoms with Gasteiger partial charge in [0.1, 0.15) is 0 Å². The van der Waals surface area contributed by atoms with Crippen molar-refractivity contribution in [1.82, 2.24) is 14.9 Å². The summed E-state index contributed by atoms with van der Waals surface area (Å²) >= 11 is 1.34. The van der Waals surface area contributed by atoms with Crippen molar-refractivity contribution in [2.24, 2.45) is 5.92 Å². The number of likely N-dealkylation sites (tertiary alicyclic amines) is 1. The fourth-order valence-corrected chi connectivity index (χ4v) is 4.75. The molecule has 162 valence electrons. The molecule has 3 heterocycles. The first-order chi connectivity index (χ1) is 15.3. The minimum absolute atomic E-state index is 0.180. The third-order valence-corrected chi connectivity index (χ3v) is 6.29. The van der Waals surface area contributed by atoms with Crippen LogP contribution in [0.25, 0.3) is 21.7 Å². The molecule has 0 saturated carbocycles. The molecule has 2 N–H and O–H groups in total. The van der Waals surface area contributed by atoms with E-state index >= 15 is 0 Å². The number of nitriles is 1. The summed E-state index contributed by atoms with van der Waals surface area (Å²) in [6, 6.07) is 12.9. The molecule has 2 amide bonds. The van der Waals surface area contributed by atoms with Crippen LogP contribution in [0.15, 0.2) is 36.4 Å². The standard InChI is InChI=1S/C23H21N5O3S/c1-13-8-18(9-14(2)25-13)20-19(16-5-3-4-15(10-16)11-24)26-22(32-20)27-23(31)28-7-6-17(12-28)21(29)30/h3-5,8-10,17H,6-7,12H2,1-2H3,(H,29,30)(H,26,27,31)/t17-/m1/s1. The maximum atomic E-state index is 12.7. The Hall–Kier alpha value is -3.77. The number of anilines is 1. The Balaban J connectivity index is 1.70. The SMILES string of the molecule is Cc1cc(-c2sc(NC(=O)N3CC[C@@H](C(=O)O)C3)nc2-c2cccc(C#N)c2)cc(C)n1. The topological polar surface area (TPSA) is 119 Å². The Kier molecular flexibility index (Phi) is 5.88. The van der Waals surface area contributed by atoms with Gasteiger partial charge in [0.15, 0.2) is 5.13 Å². The number of pyridine rings is 1. The van der Waals surface area contributed by atoms with Crippen LogP contribution in [-0.4, -0.2) is 45.1 Å². The number of thiazole rings is 1. The number of aliphatic carboxylic acids is 1. The molecule has 1 fully saturated rings. The van der Waals surface area contributed by atoms with Crippen LogP contribution in [0.2, 0.25) is 0 Å². The Labute approximate surface area is 189 Å². The van der Waals surface area contributed by atoms with Crippen LogP contribution in [0.4, 0.5) is 9.93 Å². The van der Waals surface area contributed by atoms with Crippen LogP contribution in [0, 0.1) is 31.1 Å². The number of benzene rings is 1. The molecule has 0 spiro atoms. The van der Waals surface area contributed by atoms with Crippen LogP contribution >= 0.6 is 11.3 Å². The summed E-state index contributed by atoms with van der Waals surface area (Å²) in [6.45, 7) is 4.41. The number of hydrogen-bond acceptors (Lipinski definition) is 6. The average Bonchev–Trinajstić information content (AvgIpc) is 3.41. The van der Waals surface area contributed by atoms with E-state index in [0.717, 1.165) is 27.4 Å². The minimum Gasteiger partial charge on any atom is -0.481 e. The summed E-state index contributed by atoms with van der Waals surface area (Å²) in [5.74, 6) is -1.43. The largest absolute Gasteiger partial charge is 0.481 e. The second kappa shape index (κ2) is 8.77. The Bertz CT molecular complexity index is 1230. The van der Waals surface area contributed by atoms with E-state index < -0.39 is 11.9 Å². The van der Waals surface area contributed by atoms with E-state index in [0.29, 0.717) is 29.4 Å². The molecule has 9 heteroatoms. The molecule has 0 bridgehead atoms. The molecule has 4 rings (SSSR count). The van der Waals surface area contributed by atoms with E-state index in [1.165, 1.54) is 16.2 Å². The highest BCUT2D eigenvalue weighted by atomic mass is 32.1. The lowest BCUT2D eigenvalue weighted by molar-refractivity contribution is -0.141. The van der Waals surface area contributed by atoms with Crippen LogP contribution in [-0.2, 0) is 4.79 Å². The van der Waals surface area contributed by atoms with Gasteiger partial charge in [-0.3, -0.25) is 15.1 Å². The maximum Gasteiger partial charge on any atom is 0.323 e. The fraction of sp³-hybridized carbons (Fsp3) is 0.261. The van der Waals surface area contributed by atoms with Gasteiger partial charge in [0.05, 0.1) is 28.1 Å². The average molecular weight is 448 g/mol. The van der Waals surface area contributed by atoms with Gasteiger partial charge < -0.3 is 10.0 Å². The predicted molar refractivity (Wildman–Crippen MR) is 121 cm³/mol. The number of carboxylic acid groups (broad SMARTS) is 1. The number of hydrogen-bond donors (Lipinski definition) is 2. The summed E-state index contributed by atoms with van der Waals surface area (Å²) < 4.78 is 0. The molecule has 3 aromatic rings. The van der Waals surface area contributed by atoms with E-state index in [1.807, 2.05) is 32.0 Å². The van der Waals surface area contributed by atoms with Crippen LogP contribution in [0.5, 0.6) is 0 Å². The quantitative estimate of drug-likeness (QED) is 0.615. The van der Waals surface area contributed by atoms with Crippen molar-refractivity contribution in [2.45, 2.75) is 20.3 Å². The Morgan fingerprint density at radius 2 is 1.94 bits per heavy atom. The number of nitrogens with one attached hydrogen (secondary N) is 1. The zero-order valence-electron chi connectivity index (χ0n) is 17.6. The van der Waals surface area contributed by atoms with Crippen molar-refractivity contribution in [3.05, 3.63) is 53.3 Å². The van der Waals surface area contributed by atoms with Crippen molar-refractivity contribution in [3.63, 3.8) is 0 Å². The second-order valence-corrected chi connectivity index (χ2v) is 8.73. The highest BCUT2D eigenvalue weighted by molar-refractivity contribution is 7.19. The van der Waals surface area contributed by atoms with Crippen molar-refractivity contribution in [3.8, 4) is 27.8 Å². The molecule has 1 saturated heterocycles. The molecule has 0 aliphatic carbocycles. The Morgan fingerprint density at radius 3 is 2.59 bits per heavy atom. The van der Waals surface area contributed by atoms with Gasteiger partial charge in [-0.05, 0) is 50.1 Å². The molecule has 1 aliphatic heterocycles. The number of carbonyl (C=O) groups excluding carboxylic acids is 1. The van der Waals surface area contributed by atoms with E-state index in [1.54, 1.807) is 18.2 Å². The molecule has 1 aliphatic rings. The normalized spacial score (nSPS) is 15.4. The fourth-order valence-electron chi connectivity index (χ4n) is 3.78. The van der Waals surface area contributed by atoms with E-state index in [-0.39, 0.29) is 12.6 Å². The summed E-state index contributed by atoms with van der Waals surface area (Å²) in [7, 11) is 0. The predicted octanol–water partition coefficient (Wildman–Crippen LogP) is 4.30. The lowest BCUT2D eigenvalue weighted by Gasteiger charge is -2.15. The lowest BCUT2D eigenvalue weighted by atomic mass is 10.0. The van der Waals surface area contributed by atoms with Crippen LogP contribution in [0.1, 0.15) is 23.4 Å². The highest BCUT2D eigenvalue weighted by Gasteiger charge is 2.31. The number of aryl methyl sites for hydroxylation is 2. The van der Waals surface area contributed by atoms with Crippen molar-refractivity contribution < 1.29 is 14.7 Å². The minimum atomic E-state index is -0.889.